The molecule has 0 radical (unpaired) electrons. The lowest BCUT2D eigenvalue weighted by Crippen LogP contribution is -2.31. The molecule has 2 aliphatic heterocycles. The Labute approximate surface area is 172 Å². The van der Waals surface area contributed by atoms with Crippen LogP contribution in [-0.4, -0.2) is 45.0 Å². The van der Waals surface area contributed by atoms with Gasteiger partial charge in [0.15, 0.2) is 5.17 Å². The molecule has 3 rings (SSSR count). The van der Waals surface area contributed by atoms with E-state index in [-0.39, 0.29) is 11.8 Å². The average Bonchev–Trinajstić information content (AvgIpc) is 3.26. The molecule has 1 saturated heterocycles. The number of amidine groups is 1. The quantitative estimate of drug-likeness (QED) is 0.567. The highest BCUT2D eigenvalue weighted by molar-refractivity contribution is 8.26. The standard InChI is InChI=1S/C19H19N3O2S3/c23-16(21-18-20-11-13-26-18)10-5-12-22-17(24)15(27-19(22)25)9-4-8-14-6-2-1-3-7-14/h1-4,6-9H,5,10-13H2,(H,20,21,23)/b8-4+,15-9-. The highest BCUT2D eigenvalue weighted by Gasteiger charge is 2.31. The molecule has 140 valence electrons. The van der Waals surface area contributed by atoms with Crippen LogP contribution in [0.1, 0.15) is 18.4 Å². The minimum atomic E-state index is -0.0983. The summed E-state index contributed by atoms with van der Waals surface area (Å²) in [5.74, 6) is 0.741. The van der Waals surface area contributed by atoms with E-state index in [0.29, 0.717) is 33.8 Å². The number of thioether (sulfide) groups is 2. The molecule has 8 heteroatoms. The molecule has 0 saturated carbocycles. The minimum absolute atomic E-state index is 0.0741. The van der Waals surface area contributed by atoms with Gasteiger partial charge in [-0.05, 0) is 18.1 Å². The van der Waals surface area contributed by atoms with E-state index >= 15 is 0 Å². The van der Waals surface area contributed by atoms with Crippen molar-refractivity contribution in [3.05, 3.63) is 53.0 Å². The molecule has 0 aromatic heterocycles. The van der Waals surface area contributed by atoms with Gasteiger partial charge in [0.2, 0.25) is 5.91 Å². The van der Waals surface area contributed by atoms with E-state index in [1.165, 1.54) is 11.8 Å². The number of nitrogens with zero attached hydrogens (tertiary/aromatic N) is 2. The Bertz CT molecular complexity index is 819. The molecule has 0 spiro atoms. The third kappa shape index (κ3) is 5.79. The first-order valence-corrected chi connectivity index (χ1v) is 10.8. The topological polar surface area (TPSA) is 61.8 Å². The van der Waals surface area contributed by atoms with E-state index in [9.17, 15) is 9.59 Å². The van der Waals surface area contributed by atoms with E-state index in [0.717, 1.165) is 17.9 Å². The molecule has 2 amide bonds. The number of nitrogens with one attached hydrogen (secondary N) is 1. The summed E-state index contributed by atoms with van der Waals surface area (Å²) in [4.78, 5) is 30.8. The zero-order valence-electron chi connectivity index (χ0n) is 14.6. The monoisotopic (exact) mass is 417 g/mol. The minimum Gasteiger partial charge on any atom is -0.305 e. The number of carbonyl (C=O) groups is 2. The zero-order chi connectivity index (χ0) is 19.1. The van der Waals surface area contributed by atoms with Gasteiger partial charge >= 0.3 is 0 Å². The SMILES string of the molecule is O=C(CCCN1C(=O)/C(=C/C=C/c2ccccc2)SC1=S)NC1=NCCS1. The fraction of sp³-hybridized carbons (Fsp3) is 0.263. The van der Waals surface area contributed by atoms with Crippen molar-refractivity contribution in [3.63, 3.8) is 0 Å². The molecule has 1 aromatic carbocycles. The number of amides is 2. The van der Waals surface area contributed by atoms with Gasteiger partial charge in [0.25, 0.3) is 5.91 Å². The van der Waals surface area contributed by atoms with Crippen molar-refractivity contribution >= 4 is 63.1 Å². The molecule has 2 aliphatic rings. The van der Waals surface area contributed by atoms with Gasteiger partial charge < -0.3 is 5.32 Å². The Hall–Kier alpha value is -1.90. The molecule has 27 heavy (non-hydrogen) atoms. The normalized spacial score (nSPS) is 18.6. The van der Waals surface area contributed by atoms with Crippen LogP contribution in [-0.2, 0) is 9.59 Å². The molecule has 0 unspecified atom stereocenters. The van der Waals surface area contributed by atoms with Crippen LogP contribution in [0.2, 0.25) is 0 Å². The molecule has 1 fully saturated rings. The molecule has 0 aliphatic carbocycles. The number of aliphatic imine (C=N–C) groups is 1. The molecule has 5 nitrogen and oxygen atoms in total. The highest BCUT2D eigenvalue weighted by atomic mass is 32.2. The van der Waals surface area contributed by atoms with Crippen LogP contribution in [0, 0.1) is 0 Å². The Morgan fingerprint density at radius 2 is 2.15 bits per heavy atom. The summed E-state index contributed by atoms with van der Waals surface area (Å²) >= 11 is 8.16. The predicted octanol–water partition coefficient (Wildman–Crippen LogP) is 3.44. The maximum Gasteiger partial charge on any atom is 0.266 e. The van der Waals surface area contributed by atoms with Crippen molar-refractivity contribution in [2.24, 2.45) is 4.99 Å². The number of carbonyl (C=O) groups excluding carboxylic acids is 2. The van der Waals surface area contributed by atoms with Crippen molar-refractivity contribution in [3.8, 4) is 0 Å². The van der Waals surface area contributed by atoms with Gasteiger partial charge in [0.05, 0.1) is 11.4 Å². The van der Waals surface area contributed by atoms with Gasteiger partial charge in [-0.3, -0.25) is 19.5 Å². The second-order valence-electron chi connectivity index (χ2n) is 5.81. The zero-order valence-corrected chi connectivity index (χ0v) is 17.0. The smallest absolute Gasteiger partial charge is 0.266 e. The third-order valence-corrected chi connectivity index (χ3v) is 6.11. The predicted molar refractivity (Wildman–Crippen MR) is 118 cm³/mol. The second-order valence-corrected chi connectivity index (χ2v) is 8.57. The van der Waals surface area contributed by atoms with Crippen LogP contribution < -0.4 is 5.32 Å². The van der Waals surface area contributed by atoms with E-state index < -0.39 is 0 Å². The first kappa shape index (κ1) is 19.9. The van der Waals surface area contributed by atoms with Crippen LogP contribution in [0.15, 0.2) is 52.4 Å². The molecule has 0 atom stereocenters. The molecule has 1 N–H and O–H groups in total. The first-order valence-electron chi connectivity index (χ1n) is 8.57. The average molecular weight is 418 g/mol. The lowest BCUT2D eigenvalue weighted by molar-refractivity contribution is -0.123. The van der Waals surface area contributed by atoms with Gasteiger partial charge in [-0.25, -0.2) is 0 Å². The van der Waals surface area contributed by atoms with Gasteiger partial charge in [-0.1, -0.05) is 78.2 Å². The van der Waals surface area contributed by atoms with E-state index in [1.807, 2.05) is 42.5 Å². The van der Waals surface area contributed by atoms with Gasteiger partial charge in [0, 0.05) is 18.7 Å². The van der Waals surface area contributed by atoms with Crippen LogP contribution in [0.3, 0.4) is 0 Å². The Morgan fingerprint density at radius 3 is 2.89 bits per heavy atom. The lowest BCUT2D eigenvalue weighted by Gasteiger charge is -2.13. The molecule has 1 aromatic rings. The summed E-state index contributed by atoms with van der Waals surface area (Å²) in [6, 6.07) is 9.88. The largest absolute Gasteiger partial charge is 0.305 e. The van der Waals surface area contributed by atoms with Crippen LogP contribution in [0.4, 0.5) is 0 Å². The molecular formula is C19H19N3O2S3. The maximum atomic E-state index is 12.5. The summed E-state index contributed by atoms with van der Waals surface area (Å²) in [6.45, 7) is 1.19. The summed E-state index contributed by atoms with van der Waals surface area (Å²) in [6.07, 6.45) is 6.48. The Balaban J connectivity index is 1.48. The highest BCUT2D eigenvalue weighted by Crippen LogP contribution is 2.31. The number of hydrogen-bond donors (Lipinski definition) is 1. The van der Waals surface area contributed by atoms with Crippen molar-refractivity contribution in [2.45, 2.75) is 12.8 Å². The van der Waals surface area contributed by atoms with E-state index in [1.54, 1.807) is 22.7 Å². The van der Waals surface area contributed by atoms with Crippen LogP contribution in [0.5, 0.6) is 0 Å². The van der Waals surface area contributed by atoms with Crippen molar-refractivity contribution in [1.82, 2.24) is 10.2 Å². The fourth-order valence-electron chi connectivity index (χ4n) is 2.51. The lowest BCUT2D eigenvalue weighted by atomic mass is 10.2. The number of hydrogen-bond acceptors (Lipinski definition) is 6. The third-order valence-electron chi connectivity index (χ3n) is 3.83. The number of thiocarbonyl (C=S) groups is 1. The second kappa shape index (κ2) is 9.87. The fourth-order valence-corrected chi connectivity index (χ4v) is 4.51. The summed E-state index contributed by atoms with van der Waals surface area (Å²) < 4.78 is 0.537. The number of benzene rings is 1. The molecule has 0 bridgehead atoms. The van der Waals surface area contributed by atoms with Crippen LogP contribution in [0.25, 0.3) is 6.08 Å². The van der Waals surface area contributed by atoms with Gasteiger partial charge in [-0.15, -0.1) is 0 Å². The molecular weight excluding hydrogens is 398 g/mol. The summed E-state index contributed by atoms with van der Waals surface area (Å²) in [5.41, 5.74) is 1.07. The van der Waals surface area contributed by atoms with Crippen LogP contribution >= 0.6 is 35.7 Å². The van der Waals surface area contributed by atoms with Crippen molar-refractivity contribution in [1.29, 1.82) is 0 Å². The Kier molecular flexibility index (Phi) is 7.25. The Morgan fingerprint density at radius 1 is 1.33 bits per heavy atom. The number of rotatable bonds is 6. The number of allylic oxidation sites excluding steroid dienone is 2. The van der Waals surface area contributed by atoms with E-state index in [4.69, 9.17) is 12.2 Å². The molecule has 2 heterocycles. The van der Waals surface area contributed by atoms with Crippen molar-refractivity contribution < 1.29 is 9.59 Å². The summed E-state index contributed by atoms with van der Waals surface area (Å²) in [7, 11) is 0. The summed E-state index contributed by atoms with van der Waals surface area (Å²) in [5, 5.41) is 3.48. The van der Waals surface area contributed by atoms with Crippen molar-refractivity contribution in [2.75, 3.05) is 18.8 Å². The van der Waals surface area contributed by atoms with Gasteiger partial charge in [0.1, 0.15) is 4.32 Å². The maximum absolute atomic E-state index is 12.5. The first-order chi connectivity index (χ1) is 13.1. The van der Waals surface area contributed by atoms with Gasteiger partial charge in [-0.2, -0.15) is 0 Å². The van der Waals surface area contributed by atoms with E-state index in [2.05, 4.69) is 10.3 Å².